The lowest BCUT2D eigenvalue weighted by molar-refractivity contribution is -0.141. The van der Waals surface area contributed by atoms with Crippen LogP contribution in [-0.2, 0) is 12.7 Å². The summed E-state index contributed by atoms with van der Waals surface area (Å²) in [5, 5.41) is 12.6. The number of hydrogen-bond donors (Lipinski definition) is 1. The van der Waals surface area contributed by atoms with Crippen molar-refractivity contribution < 1.29 is 27.5 Å². The Hall–Kier alpha value is -2.94. The Kier molecular flexibility index (Phi) is 4.88. The summed E-state index contributed by atoms with van der Waals surface area (Å²) in [5.74, 6) is -2.50. The topological polar surface area (TPSA) is 68.0 Å². The van der Waals surface area contributed by atoms with Gasteiger partial charge in [-0.25, -0.2) is 9.18 Å². The Labute approximate surface area is 154 Å². The van der Waals surface area contributed by atoms with Crippen LogP contribution in [0.3, 0.4) is 0 Å². The summed E-state index contributed by atoms with van der Waals surface area (Å²) in [5.41, 5.74) is -2.04. The number of rotatable bonds is 4. The predicted molar refractivity (Wildman–Crippen MR) is 87.9 cm³/mol. The monoisotopic (exact) mass is 399 g/mol. The Morgan fingerprint density at radius 2 is 2.00 bits per heavy atom. The zero-order chi connectivity index (χ0) is 19.8. The minimum absolute atomic E-state index is 0.0980. The van der Waals surface area contributed by atoms with E-state index in [0.717, 1.165) is 16.9 Å². The second-order valence-corrected chi connectivity index (χ2v) is 6.00. The molecule has 10 heteroatoms. The van der Waals surface area contributed by atoms with Gasteiger partial charge in [0, 0.05) is 35.3 Å². The van der Waals surface area contributed by atoms with E-state index in [2.05, 4.69) is 10.1 Å². The van der Waals surface area contributed by atoms with Crippen molar-refractivity contribution in [3.8, 4) is 11.1 Å². The number of aromatic nitrogens is 3. The highest BCUT2D eigenvalue weighted by molar-refractivity contribution is 6.30. The van der Waals surface area contributed by atoms with Gasteiger partial charge < -0.3 is 5.11 Å². The van der Waals surface area contributed by atoms with Crippen LogP contribution in [0.4, 0.5) is 17.6 Å². The first-order chi connectivity index (χ1) is 12.7. The average Bonchev–Trinajstić information content (AvgIpc) is 3.01. The number of aromatic carboxylic acids is 1. The average molecular weight is 400 g/mol. The molecule has 0 unspecified atom stereocenters. The summed E-state index contributed by atoms with van der Waals surface area (Å²) in [4.78, 5) is 14.8. The number of pyridine rings is 1. The number of halogens is 5. The SMILES string of the molecule is O=C(O)c1cccc(Cn2cc(-c3cncc(Cl)c3)c(C(F)(F)F)n2)c1F. The molecule has 0 aliphatic rings. The fraction of sp³-hybridized carbons (Fsp3) is 0.118. The lowest BCUT2D eigenvalue weighted by Gasteiger charge is -2.06. The molecule has 140 valence electrons. The van der Waals surface area contributed by atoms with Crippen molar-refractivity contribution in [2.24, 2.45) is 0 Å². The van der Waals surface area contributed by atoms with Crippen molar-refractivity contribution in [1.82, 2.24) is 14.8 Å². The zero-order valence-electron chi connectivity index (χ0n) is 13.3. The number of nitrogens with zero attached hydrogens (tertiary/aromatic N) is 3. The molecule has 0 spiro atoms. The van der Waals surface area contributed by atoms with Crippen LogP contribution >= 0.6 is 11.6 Å². The maximum absolute atomic E-state index is 14.3. The summed E-state index contributed by atoms with van der Waals surface area (Å²) in [7, 11) is 0. The quantitative estimate of drug-likeness (QED) is 0.656. The van der Waals surface area contributed by atoms with Gasteiger partial charge in [-0.3, -0.25) is 9.67 Å². The van der Waals surface area contributed by atoms with Gasteiger partial charge in [-0.1, -0.05) is 23.7 Å². The lowest BCUT2D eigenvalue weighted by atomic mass is 10.1. The molecule has 0 amide bonds. The van der Waals surface area contributed by atoms with Crippen LogP contribution in [-0.4, -0.2) is 25.8 Å². The minimum Gasteiger partial charge on any atom is -0.478 e. The number of alkyl halides is 3. The third-order valence-corrected chi connectivity index (χ3v) is 3.89. The van der Waals surface area contributed by atoms with E-state index in [1.54, 1.807) is 0 Å². The van der Waals surface area contributed by atoms with E-state index in [4.69, 9.17) is 16.7 Å². The largest absolute Gasteiger partial charge is 0.478 e. The molecular weight excluding hydrogens is 390 g/mol. The van der Waals surface area contributed by atoms with E-state index in [0.29, 0.717) is 0 Å². The second-order valence-electron chi connectivity index (χ2n) is 5.56. The van der Waals surface area contributed by atoms with Gasteiger partial charge in [-0.05, 0) is 12.1 Å². The predicted octanol–water partition coefficient (Wildman–Crippen LogP) is 4.50. The van der Waals surface area contributed by atoms with Gasteiger partial charge >= 0.3 is 12.1 Å². The first-order valence-electron chi connectivity index (χ1n) is 7.43. The van der Waals surface area contributed by atoms with Crippen LogP contribution in [0.15, 0.2) is 42.9 Å². The van der Waals surface area contributed by atoms with E-state index in [1.807, 2.05) is 0 Å². The summed E-state index contributed by atoms with van der Waals surface area (Å²) in [6.07, 6.45) is -1.20. The molecule has 3 aromatic rings. The van der Waals surface area contributed by atoms with E-state index in [-0.39, 0.29) is 28.3 Å². The van der Waals surface area contributed by atoms with Crippen molar-refractivity contribution in [1.29, 1.82) is 0 Å². The minimum atomic E-state index is -4.76. The molecule has 2 aromatic heterocycles. The van der Waals surface area contributed by atoms with Crippen molar-refractivity contribution in [3.63, 3.8) is 0 Å². The molecule has 1 aromatic carbocycles. The van der Waals surface area contributed by atoms with Crippen LogP contribution in [0.5, 0.6) is 0 Å². The molecule has 27 heavy (non-hydrogen) atoms. The molecule has 0 radical (unpaired) electrons. The number of hydrogen-bond acceptors (Lipinski definition) is 3. The molecule has 0 aliphatic carbocycles. The van der Waals surface area contributed by atoms with Gasteiger partial charge in [-0.15, -0.1) is 0 Å². The Morgan fingerprint density at radius 1 is 1.26 bits per heavy atom. The first kappa shape index (κ1) is 18.8. The fourth-order valence-corrected chi connectivity index (χ4v) is 2.70. The maximum atomic E-state index is 14.3. The third kappa shape index (κ3) is 3.92. The summed E-state index contributed by atoms with van der Waals surface area (Å²) in [6.45, 7) is -0.385. The van der Waals surface area contributed by atoms with Crippen molar-refractivity contribution in [2.75, 3.05) is 0 Å². The number of benzene rings is 1. The molecule has 0 atom stereocenters. The smallest absolute Gasteiger partial charge is 0.435 e. The summed E-state index contributed by atoms with van der Waals surface area (Å²) < 4.78 is 55.2. The summed E-state index contributed by atoms with van der Waals surface area (Å²) in [6, 6.07) is 4.94. The van der Waals surface area contributed by atoms with Crippen LogP contribution in [0, 0.1) is 5.82 Å². The van der Waals surface area contributed by atoms with Gasteiger partial charge in [0.25, 0.3) is 0 Å². The summed E-state index contributed by atoms with van der Waals surface area (Å²) >= 11 is 5.79. The molecule has 3 rings (SSSR count). The standard InChI is InChI=1S/C17H10ClF4N3O2/c18-11-4-10(5-23-6-11)13-8-25(24-15(13)17(20,21)22)7-9-2-1-3-12(14(9)19)16(26)27/h1-6,8H,7H2,(H,26,27). The van der Waals surface area contributed by atoms with Crippen LogP contribution in [0.1, 0.15) is 21.6 Å². The van der Waals surface area contributed by atoms with Gasteiger partial charge in [0.15, 0.2) is 5.69 Å². The molecule has 2 heterocycles. The van der Waals surface area contributed by atoms with Crippen molar-refractivity contribution in [2.45, 2.75) is 12.7 Å². The molecule has 5 nitrogen and oxygen atoms in total. The molecule has 0 saturated heterocycles. The van der Waals surface area contributed by atoms with E-state index >= 15 is 0 Å². The second kappa shape index (κ2) is 6.99. The van der Waals surface area contributed by atoms with Gasteiger partial charge in [0.1, 0.15) is 5.82 Å². The Balaban J connectivity index is 2.06. The van der Waals surface area contributed by atoms with Gasteiger partial charge in [0.05, 0.1) is 17.1 Å². The molecule has 0 bridgehead atoms. The highest BCUT2D eigenvalue weighted by Gasteiger charge is 2.37. The highest BCUT2D eigenvalue weighted by atomic mass is 35.5. The van der Waals surface area contributed by atoms with Gasteiger partial charge in [-0.2, -0.15) is 18.3 Å². The van der Waals surface area contributed by atoms with Gasteiger partial charge in [0.2, 0.25) is 0 Å². The van der Waals surface area contributed by atoms with E-state index < -0.39 is 29.2 Å². The highest BCUT2D eigenvalue weighted by Crippen LogP contribution is 2.36. The van der Waals surface area contributed by atoms with Crippen molar-refractivity contribution in [3.05, 3.63) is 70.5 Å². The zero-order valence-corrected chi connectivity index (χ0v) is 14.1. The molecule has 0 aliphatic heterocycles. The van der Waals surface area contributed by atoms with Crippen LogP contribution in [0.25, 0.3) is 11.1 Å². The number of carbonyl (C=O) groups is 1. The van der Waals surface area contributed by atoms with Crippen LogP contribution < -0.4 is 0 Å². The van der Waals surface area contributed by atoms with E-state index in [1.165, 1.54) is 30.6 Å². The van der Waals surface area contributed by atoms with Crippen molar-refractivity contribution >= 4 is 17.6 Å². The number of carboxylic acid groups (broad SMARTS) is 1. The normalized spacial score (nSPS) is 11.6. The first-order valence-corrected chi connectivity index (χ1v) is 7.81. The third-order valence-electron chi connectivity index (χ3n) is 3.69. The van der Waals surface area contributed by atoms with E-state index in [9.17, 15) is 22.4 Å². The number of carboxylic acids is 1. The fourth-order valence-electron chi connectivity index (χ4n) is 2.52. The molecule has 0 saturated carbocycles. The lowest BCUT2D eigenvalue weighted by Crippen LogP contribution is -2.11. The molecular formula is C17H10ClF4N3O2. The molecule has 0 fully saturated rings. The Bertz CT molecular complexity index is 1020. The van der Waals surface area contributed by atoms with Crippen LogP contribution in [0.2, 0.25) is 5.02 Å². The maximum Gasteiger partial charge on any atom is 0.435 e. The Morgan fingerprint density at radius 3 is 2.63 bits per heavy atom. The molecule has 1 N–H and O–H groups in total.